The lowest BCUT2D eigenvalue weighted by Crippen LogP contribution is -2.31. The first-order valence-electron chi connectivity index (χ1n) is 8.76. The number of halogens is 1. The summed E-state index contributed by atoms with van der Waals surface area (Å²) in [7, 11) is 4.84. The predicted octanol–water partition coefficient (Wildman–Crippen LogP) is 4.35. The molecule has 0 saturated heterocycles. The Balaban J connectivity index is 1.70. The molecule has 0 aliphatic heterocycles. The number of ether oxygens (including phenoxy) is 3. The Bertz CT molecular complexity index is 955. The lowest BCUT2D eigenvalue weighted by Gasteiger charge is -2.17. The molecule has 0 aliphatic carbocycles. The van der Waals surface area contributed by atoms with E-state index in [1.165, 1.54) is 24.5 Å². The van der Waals surface area contributed by atoms with Gasteiger partial charge in [0.15, 0.2) is 0 Å². The number of nitrogens with zero attached hydrogens (tertiary/aromatic N) is 1. The summed E-state index contributed by atoms with van der Waals surface area (Å²) in [5.74, 6) is 0.935. The molecule has 3 rings (SSSR count). The van der Waals surface area contributed by atoms with Crippen molar-refractivity contribution >= 4 is 27.3 Å². The predicted molar refractivity (Wildman–Crippen MR) is 108 cm³/mol. The van der Waals surface area contributed by atoms with E-state index in [-0.39, 0.29) is 18.3 Å². The first-order chi connectivity index (χ1) is 13.5. The van der Waals surface area contributed by atoms with Crippen LogP contribution < -0.4 is 9.47 Å². The van der Waals surface area contributed by atoms with E-state index in [2.05, 4.69) is 0 Å². The number of hydrogen-bond acceptors (Lipinski definition) is 5. The van der Waals surface area contributed by atoms with Gasteiger partial charge in [-0.2, -0.15) is 0 Å². The highest BCUT2D eigenvalue weighted by molar-refractivity contribution is 7.21. The van der Waals surface area contributed by atoms with E-state index >= 15 is 0 Å². The molecule has 1 heterocycles. The summed E-state index contributed by atoms with van der Waals surface area (Å²) >= 11 is 1.28. The summed E-state index contributed by atoms with van der Waals surface area (Å²) in [6.07, 6.45) is 0. The van der Waals surface area contributed by atoms with Gasteiger partial charge >= 0.3 is 0 Å². The second-order valence-corrected chi connectivity index (χ2v) is 7.26. The Morgan fingerprint density at radius 3 is 2.50 bits per heavy atom. The zero-order valence-electron chi connectivity index (χ0n) is 16.0. The zero-order valence-corrected chi connectivity index (χ0v) is 16.8. The van der Waals surface area contributed by atoms with E-state index in [9.17, 15) is 9.18 Å². The standard InChI is InChI=1S/C21H22FNO4S/c1-23(11-12-27-15-9-7-14(26-3)8-10-15)21(24)20-16(13-25-2)19-17(22)5-4-6-18(19)28-20/h4-10H,11-13H2,1-3H3. The highest BCUT2D eigenvalue weighted by Crippen LogP contribution is 2.34. The molecule has 2 aromatic carbocycles. The van der Waals surface area contributed by atoms with Crippen LogP contribution in [0.15, 0.2) is 42.5 Å². The van der Waals surface area contributed by atoms with Gasteiger partial charge in [0.05, 0.1) is 25.1 Å². The molecule has 0 radical (unpaired) electrons. The van der Waals surface area contributed by atoms with Crippen LogP contribution in [0.3, 0.4) is 0 Å². The summed E-state index contributed by atoms with van der Waals surface area (Å²) < 4.78 is 31.0. The number of rotatable bonds is 8. The number of benzene rings is 2. The maximum Gasteiger partial charge on any atom is 0.264 e. The number of carbonyl (C=O) groups excluding carboxylic acids is 1. The van der Waals surface area contributed by atoms with Crippen molar-refractivity contribution in [1.29, 1.82) is 0 Å². The van der Waals surface area contributed by atoms with Gasteiger partial charge in [-0.1, -0.05) is 6.07 Å². The molecular weight excluding hydrogens is 381 g/mol. The average Bonchev–Trinajstić information content (AvgIpc) is 3.08. The number of amides is 1. The summed E-state index contributed by atoms with van der Waals surface area (Å²) in [5, 5.41) is 0.459. The van der Waals surface area contributed by atoms with Crippen molar-refractivity contribution < 1.29 is 23.4 Å². The van der Waals surface area contributed by atoms with Gasteiger partial charge in [-0.15, -0.1) is 11.3 Å². The van der Waals surface area contributed by atoms with Gasteiger partial charge in [0, 0.05) is 29.8 Å². The molecule has 1 aromatic heterocycles. The number of fused-ring (bicyclic) bond motifs is 1. The molecular formula is C21H22FNO4S. The van der Waals surface area contributed by atoms with Crippen molar-refractivity contribution in [2.45, 2.75) is 6.61 Å². The van der Waals surface area contributed by atoms with Crippen LogP contribution in [0.4, 0.5) is 4.39 Å². The number of likely N-dealkylation sites (N-methyl/N-ethyl adjacent to an activating group) is 1. The Hall–Kier alpha value is -2.64. The van der Waals surface area contributed by atoms with Crippen LogP contribution in [0.25, 0.3) is 10.1 Å². The Morgan fingerprint density at radius 2 is 1.82 bits per heavy atom. The van der Waals surface area contributed by atoms with E-state index in [0.29, 0.717) is 34.7 Å². The SMILES string of the molecule is COCc1c(C(=O)N(C)CCOc2ccc(OC)cc2)sc2cccc(F)c12. The normalized spacial score (nSPS) is 10.9. The summed E-state index contributed by atoms with van der Waals surface area (Å²) in [6, 6.07) is 12.1. The summed E-state index contributed by atoms with van der Waals surface area (Å²) in [6.45, 7) is 0.916. The molecule has 0 unspecified atom stereocenters. The van der Waals surface area contributed by atoms with Crippen molar-refractivity contribution in [3.63, 3.8) is 0 Å². The van der Waals surface area contributed by atoms with Gasteiger partial charge in [-0.05, 0) is 36.4 Å². The molecule has 148 valence electrons. The summed E-state index contributed by atoms with van der Waals surface area (Å²) in [4.78, 5) is 15.0. The quantitative estimate of drug-likeness (QED) is 0.561. The maximum absolute atomic E-state index is 14.3. The third kappa shape index (κ3) is 4.26. The van der Waals surface area contributed by atoms with Crippen LogP contribution in [0.1, 0.15) is 15.2 Å². The maximum atomic E-state index is 14.3. The van der Waals surface area contributed by atoms with Crippen LogP contribution in [-0.2, 0) is 11.3 Å². The first-order valence-corrected chi connectivity index (χ1v) is 9.58. The molecule has 28 heavy (non-hydrogen) atoms. The highest BCUT2D eigenvalue weighted by atomic mass is 32.1. The van der Waals surface area contributed by atoms with E-state index in [4.69, 9.17) is 14.2 Å². The molecule has 7 heteroatoms. The fourth-order valence-corrected chi connectivity index (χ4v) is 4.09. The molecule has 0 saturated carbocycles. The summed E-state index contributed by atoms with van der Waals surface area (Å²) in [5.41, 5.74) is 0.591. The average molecular weight is 403 g/mol. The Labute approximate surface area is 167 Å². The third-order valence-electron chi connectivity index (χ3n) is 4.35. The molecule has 0 N–H and O–H groups in total. The van der Waals surface area contributed by atoms with Gasteiger partial charge < -0.3 is 19.1 Å². The van der Waals surface area contributed by atoms with Crippen molar-refractivity contribution in [1.82, 2.24) is 4.90 Å². The highest BCUT2D eigenvalue weighted by Gasteiger charge is 2.23. The fourth-order valence-electron chi connectivity index (χ4n) is 2.87. The van der Waals surface area contributed by atoms with Gasteiger partial charge in [-0.3, -0.25) is 4.79 Å². The number of hydrogen-bond donors (Lipinski definition) is 0. The molecule has 0 bridgehead atoms. The van der Waals surface area contributed by atoms with Gasteiger partial charge in [0.2, 0.25) is 0 Å². The van der Waals surface area contributed by atoms with Crippen LogP contribution in [-0.4, -0.2) is 45.2 Å². The molecule has 1 amide bonds. The first kappa shape index (κ1) is 20.1. The molecule has 0 atom stereocenters. The largest absolute Gasteiger partial charge is 0.497 e. The Kier molecular flexibility index (Phi) is 6.49. The fraction of sp³-hybridized carbons (Fsp3) is 0.286. The number of carbonyl (C=O) groups is 1. The lowest BCUT2D eigenvalue weighted by molar-refractivity contribution is 0.0774. The number of methoxy groups -OCH3 is 2. The van der Waals surface area contributed by atoms with Crippen molar-refractivity contribution in [3.8, 4) is 11.5 Å². The third-order valence-corrected chi connectivity index (χ3v) is 5.53. The lowest BCUT2D eigenvalue weighted by atomic mass is 10.1. The second-order valence-electron chi connectivity index (χ2n) is 6.21. The monoisotopic (exact) mass is 403 g/mol. The molecule has 5 nitrogen and oxygen atoms in total. The minimum Gasteiger partial charge on any atom is -0.497 e. The van der Waals surface area contributed by atoms with Crippen molar-refractivity contribution in [2.75, 3.05) is 34.4 Å². The van der Waals surface area contributed by atoms with Crippen LogP contribution in [0.2, 0.25) is 0 Å². The van der Waals surface area contributed by atoms with Crippen LogP contribution in [0, 0.1) is 5.82 Å². The van der Waals surface area contributed by atoms with E-state index in [1.807, 2.05) is 30.3 Å². The van der Waals surface area contributed by atoms with Gasteiger partial charge in [0.1, 0.15) is 23.9 Å². The van der Waals surface area contributed by atoms with E-state index in [1.54, 1.807) is 25.1 Å². The van der Waals surface area contributed by atoms with Crippen molar-refractivity contribution in [3.05, 3.63) is 58.7 Å². The van der Waals surface area contributed by atoms with E-state index < -0.39 is 0 Å². The minimum absolute atomic E-state index is 0.175. The minimum atomic E-state index is -0.342. The van der Waals surface area contributed by atoms with Gasteiger partial charge in [-0.25, -0.2) is 4.39 Å². The topological polar surface area (TPSA) is 48.0 Å². The molecule has 0 aliphatic rings. The van der Waals surface area contributed by atoms with Crippen LogP contribution >= 0.6 is 11.3 Å². The second kappa shape index (κ2) is 9.03. The zero-order chi connectivity index (χ0) is 20.1. The van der Waals surface area contributed by atoms with Crippen LogP contribution in [0.5, 0.6) is 11.5 Å². The van der Waals surface area contributed by atoms with Gasteiger partial charge in [0.25, 0.3) is 5.91 Å². The van der Waals surface area contributed by atoms with E-state index in [0.717, 1.165) is 10.4 Å². The van der Waals surface area contributed by atoms with Crippen molar-refractivity contribution in [2.24, 2.45) is 0 Å². The molecule has 3 aromatic rings. The smallest absolute Gasteiger partial charge is 0.264 e. The molecule has 0 fully saturated rings. The number of thiophene rings is 1. The molecule has 0 spiro atoms. The Morgan fingerprint density at radius 1 is 1.11 bits per heavy atom.